The van der Waals surface area contributed by atoms with Crippen molar-refractivity contribution in [3.05, 3.63) is 0 Å². The topological polar surface area (TPSA) is 69.1 Å². The summed E-state index contributed by atoms with van der Waals surface area (Å²) in [5.41, 5.74) is 6.44. The van der Waals surface area contributed by atoms with Crippen LogP contribution >= 0.6 is 0 Å². The average Bonchev–Trinajstić information content (AvgIpc) is 1.83. The summed E-state index contributed by atoms with van der Waals surface area (Å²) >= 11 is 0.180. The van der Waals surface area contributed by atoms with Gasteiger partial charge in [0.15, 0.2) is 0 Å². The van der Waals surface area contributed by atoms with Crippen LogP contribution in [-0.2, 0) is 4.79 Å². The molecule has 0 heterocycles. The van der Waals surface area contributed by atoms with E-state index in [-0.39, 0.29) is 25.8 Å². The van der Waals surface area contributed by atoms with Crippen molar-refractivity contribution < 1.29 is 18.0 Å². The molecule has 3 nitrogen and oxygen atoms in total. The Morgan fingerprint density at radius 3 is 1.82 bits per heavy atom. The van der Waals surface area contributed by atoms with Crippen molar-refractivity contribution in [1.82, 2.24) is 0 Å². The first-order chi connectivity index (χ1) is 4.75. The molecule has 0 bridgehead atoms. The van der Waals surface area contributed by atoms with Crippen molar-refractivity contribution in [2.75, 3.05) is 0 Å². The first-order valence-corrected chi connectivity index (χ1v) is 5.30. The van der Waals surface area contributed by atoms with Crippen LogP contribution in [0.1, 0.15) is 0 Å². The van der Waals surface area contributed by atoms with Crippen molar-refractivity contribution >= 4 is 31.7 Å². The van der Waals surface area contributed by atoms with Gasteiger partial charge in [-0.2, -0.15) is 0 Å². The summed E-state index contributed by atoms with van der Waals surface area (Å²) in [5, 5.41) is 0. The zero-order valence-corrected chi connectivity index (χ0v) is 9.29. The number of hydrogen-bond acceptors (Lipinski definition) is 2. The second-order valence-electron chi connectivity index (χ2n) is 2.01. The van der Waals surface area contributed by atoms with E-state index in [4.69, 9.17) is 5.73 Å². The van der Waals surface area contributed by atoms with E-state index in [0.29, 0.717) is 0 Å². The molecule has 0 saturated heterocycles. The molecule has 7 heteroatoms. The Labute approximate surface area is 77.0 Å². The van der Waals surface area contributed by atoms with Gasteiger partial charge >= 0.3 is 76.8 Å². The van der Waals surface area contributed by atoms with E-state index in [9.17, 15) is 18.0 Å². The number of rotatable bonds is 2. The summed E-state index contributed by atoms with van der Waals surface area (Å²) in [6.45, 7) is 0. The van der Waals surface area contributed by atoms with Gasteiger partial charge in [-0.05, 0) is 0 Å². The van der Waals surface area contributed by atoms with Crippen molar-refractivity contribution in [3.63, 3.8) is 0 Å². The molecule has 1 unspecified atom stereocenters. The number of nitrogens with two attached hydrogens (primary N) is 2. The number of carbonyl (C=O) groups is 1. The zero-order chi connectivity index (χ0) is 9.28. The number of primary amides is 1. The van der Waals surface area contributed by atoms with E-state index < -0.39 is 21.6 Å². The molecule has 0 aliphatic carbocycles. The number of alkyl halides is 3. The number of amides is 1. The van der Waals surface area contributed by atoms with E-state index in [0.717, 1.165) is 0 Å². The minimum absolute atomic E-state index is 0.180. The molecule has 0 aromatic carbocycles. The van der Waals surface area contributed by atoms with Gasteiger partial charge in [0.05, 0.1) is 0 Å². The maximum absolute atomic E-state index is 12.0. The van der Waals surface area contributed by atoms with Gasteiger partial charge in [-0.1, -0.05) is 0 Å². The zero-order valence-electron chi connectivity index (χ0n) is 5.40. The fraction of sp³-hybridized carbons (Fsp3) is 0.750. The Bertz CT molecular complexity index is 171. The summed E-state index contributed by atoms with van der Waals surface area (Å²) in [5.74, 6) is -1.51. The summed E-state index contributed by atoms with van der Waals surface area (Å²) in [6, 6.07) is 0. The van der Waals surface area contributed by atoms with E-state index in [1.165, 1.54) is 0 Å². The van der Waals surface area contributed by atoms with Gasteiger partial charge in [-0.3, -0.25) is 0 Å². The van der Waals surface area contributed by atoms with Crippen LogP contribution < -0.4 is 11.5 Å². The third-order valence-corrected chi connectivity index (χ3v) is 3.39. The summed E-state index contributed by atoms with van der Waals surface area (Å²) in [7, 11) is 0. The molecule has 0 aliphatic heterocycles. The average molecular weight is 362 g/mol. The fourth-order valence-electron chi connectivity index (χ4n) is 0.327. The molecular weight excluding hydrogens is 356 g/mol. The predicted molar refractivity (Wildman–Crippen MR) is 32.7 cm³/mol. The molecule has 1 amide bonds. The molecule has 3 radical (unpaired) electrons. The van der Waals surface area contributed by atoms with Crippen LogP contribution in [0.5, 0.6) is 0 Å². The van der Waals surface area contributed by atoms with E-state index in [1.807, 2.05) is 0 Å². The molecule has 0 aromatic heterocycles. The first-order valence-electron chi connectivity index (χ1n) is 2.56. The van der Waals surface area contributed by atoms with Gasteiger partial charge < -0.3 is 0 Å². The van der Waals surface area contributed by atoms with Crippen molar-refractivity contribution in [2.45, 2.75) is 15.7 Å². The molecule has 1 atom stereocenters. The van der Waals surface area contributed by atoms with Crippen molar-refractivity contribution in [2.24, 2.45) is 11.5 Å². The third-order valence-electron chi connectivity index (χ3n) is 1.22. The second-order valence-corrected chi connectivity index (χ2v) is 3.38. The molecule has 0 rings (SSSR count). The van der Waals surface area contributed by atoms with Gasteiger partial charge in [0, 0.05) is 0 Å². The van der Waals surface area contributed by atoms with Crippen LogP contribution in [0, 0.1) is 0 Å². The minimum atomic E-state index is -4.74. The normalized spacial score (nSPS) is 17.5. The monoisotopic (exact) mass is 363 g/mol. The van der Waals surface area contributed by atoms with Crippen LogP contribution in [0.25, 0.3) is 0 Å². The number of halogens is 3. The second kappa shape index (κ2) is 3.25. The van der Waals surface area contributed by atoms with Gasteiger partial charge in [-0.15, -0.1) is 0 Å². The Morgan fingerprint density at radius 1 is 1.45 bits per heavy atom. The van der Waals surface area contributed by atoms with Gasteiger partial charge in [-0.25, -0.2) is 0 Å². The van der Waals surface area contributed by atoms with Crippen LogP contribution in [0.3, 0.4) is 0 Å². The predicted octanol–water partition coefficient (Wildman–Crippen LogP) is -0.682. The molecule has 11 heavy (non-hydrogen) atoms. The van der Waals surface area contributed by atoms with Gasteiger partial charge in [0.25, 0.3) is 0 Å². The first kappa shape index (κ1) is 11.1. The van der Waals surface area contributed by atoms with E-state index >= 15 is 0 Å². The van der Waals surface area contributed by atoms with Crippen LogP contribution in [0.4, 0.5) is 13.2 Å². The molecule has 0 spiro atoms. The molecule has 0 fully saturated rings. The molecule has 63 valence electrons. The Balaban J connectivity index is 4.75. The Kier molecular flexibility index (Phi) is 3.30. The van der Waals surface area contributed by atoms with Crippen molar-refractivity contribution in [1.29, 1.82) is 0 Å². The number of hydrogen-bond donors (Lipinski definition) is 2. The summed E-state index contributed by atoms with van der Waals surface area (Å²) in [6.07, 6.45) is -4.74. The van der Waals surface area contributed by atoms with Gasteiger partial charge in [0.1, 0.15) is 0 Å². The van der Waals surface area contributed by atoms with E-state index in [1.54, 1.807) is 0 Å². The van der Waals surface area contributed by atoms with Gasteiger partial charge in [0.2, 0.25) is 0 Å². The molecule has 4 N–H and O–H groups in total. The van der Waals surface area contributed by atoms with Crippen LogP contribution in [0.15, 0.2) is 0 Å². The number of carbonyl (C=O) groups excluding carboxylic acids is 1. The molecule has 0 saturated carbocycles. The Morgan fingerprint density at radius 2 is 1.82 bits per heavy atom. The summed E-state index contributed by atoms with van der Waals surface area (Å²) in [4.78, 5) is 10.3. The maximum atomic E-state index is 12.0. The van der Waals surface area contributed by atoms with E-state index in [2.05, 4.69) is 5.73 Å². The molecular formula is C4H6F3N2OPb. The SMILES string of the molecule is NC(=O)C(N)([CH2][Pb])C(F)(F)F. The summed E-state index contributed by atoms with van der Waals surface area (Å²) < 4.78 is 35.4. The molecule has 0 aliphatic rings. The van der Waals surface area contributed by atoms with Crippen molar-refractivity contribution in [3.8, 4) is 0 Å². The Hall–Kier alpha value is 0.142. The fourth-order valence-corrected chi connectivity index (χ4v) is 1.78. The standard InChI is InChI=1S/C4H6F3N2O.Pb/c1-3(9,2(8)10)4(5,6)7;/h1,9H2,(H2,8,10);. The van der Waals surface area contributed by atoms with Crippen LogP contribution in [0.2, 0.25) is 3.98 Å². The third kappa shape index (κ3) is 2.04. The van der Waals surface area contributed by atoms with Crippen LogP contribution in [-0.4, -0.2) is 43.4 Å². The molecule has 0 aromatic rings. The quantitative estimate of drug-likeness (QED) is 0.639.